The SMILES string of the molecule is CC(=O)Nc1ccc(NC(=O)C[C@H]2C(=O)Nc3c(-c4ccccc4)cnn32)cc1. The number of hydrogen-bond acceptors (Lipinski definition) is 4. The number of amides is 3. The number of aromatic nitrogens is 2. The molecule has 29 heavy (non-hydrogen) atoms. The molecule has 1 aromatic heterocycles. The number of carbonyl (C=O) groups excluding carboxylic acids is 3. The van der Waals surface area contributed by atoms with Crippen molar-refractivity contribution in [2.75, 3.05) is 16.0 Å². The third-order valence-corrected chi connectivity index (χ3v) is 4.59. The van der Waals surface area contributed by atoms with Crippen molar-refractivity contribution in [3.63, 3.8) is 0 Å². The second-order valence-electron chi connectivity index (χ2n) is 6.73. The van der Waals surface area contributed by atoms with E-state index in [1.165, 1.54) is 6.92 Å². The van der Waals surface area contributed by atoms with Gasteiger partial charge in [-0.05, 0) is 29.8 Å². The Labute approximate surface area is 166 Å². The quantitative estimate of drug-likeness (QED) is 0.624. The number of anilines is 3. The van der Waals surface area contributed by atoms with Gasteiger partial charge in [0.15, 0.2) is 0 Å². The van der Waals surface area contributed by atoms with Gasteiger partial charge in [-0.3, -0.25) is 14.4 Å². The molecule has 3 amide bonds. The largest absolute Gasteiger partial charge is 0.326 e. The Kier molecular flexibility index (Phi) is 4.82. The Hall–Kier alpha value is -3.94. The maximum atomic E-state index is 12.5. The lowest BCUT2D eigenvalue weighted by atomic mass is 10.1. The zero-order chi connectivity index (χ0) is 20.4. The van der Waals surface area contributed by atoms with Gasteiger partial charge in [-0.2, -0.15) is 5.10 Å². The average molecular weight is 389 g/mol. The summed E-state index contributed by atoms with van der Waals surface area (Å²) in [5.41, 5.74) is 2.97. The van der Waals surface area contributed by atoms with Crippen LogP contribution in [0.1, 0.15) is 19.4 Å². The molecule has 3 N–H and O–H groups in total. The molecule has 2 aromatic carbocycles. The third kappa shape index (κ3) is 3.86. The first-order valence-corrected chi connectivity index (χ1v) is 9.12. The van der Waals surface area contributed by atoms with E-state index >= 15 is 0 Å². The van der Waals surface area contributed by atoms with Gasteiger partial charge < -0.3 is 16.0 Å². The number of nitrogens with zero attached hydrogens (tertiary/aromatic N) is 2. The number of nitrogens with one attached hydrogen (secondary N) is 3. The Morgan fingerprint density at radius 1 is 1.03 bits per heavy atom. The molecular weight excluding hydrogens is 370 g/mol. The van der Waals surface area contributed by atoms with Crippen molar-refractivity contribution in [2.45, 2.75) is 19.4 Å². The molecule has 1 atom stereocenters. The van der Waals surface area contributed by atoms with Crippen LogP contribution in [0.2, 0.25) is 0 Å². The number of carbonyl (C=O) groups is 3. The van der Waals surface area contributed by atoms with Crippen LogP contribution in [0.4, 0.5) is 17.2 Å². The van der Waals surface area contributed by atoms with Crippen molar-refractivity contribution in [3.05, 3.63) is 60.8 Å². The second-order valence-corrected chi connectivity index (χ2v) is 6.73. The highest BCUT2D eigenvalue weighted by Crippen LogP contribution is 2.35. The average Bonchev–Trinajstić information content (AvgIpc) is 3.23. The number of benzene rings is 2. The van der Waals surface area contributed by atoms with Crippen LogP contribution in [0.25, 0.3) is 11.1 Å². The van der Waals surface area contributed by atoms with Gasteiger partial charge in [0, 0.05) is 23.9 Å². The molecule has 8 heteroatoms. The molecule has 0 aliphatic carbocycles. The van der Waals surface area contributed by atoms with E-state index < -0.39 is 6.04 Å². The maximum absolute atomic E-state index is 12.5. The summed E-state index contributed by atoms with van der Waals surface area (Å²) in [6, 6.07) is 15.7. The predicted octanol–water partition coefficient (Wildman–Crippen LogP) is 3.03. The van der Waals surface area contributed by atoms with Gasteiger partial charge in [0.25, 0.3) is 5.91 Å². The van der Waals surface area contributed by atoms with E-state index in [4.69, 9.17) is 0 Å². The molecule has 1 aliphatic rings. The highest BCUT2D eigenvalue weighted by molar-refractivity contribution is 6.04. The number of rotatable bonds is 5. The van der Waals surface area contributed by atoms with E-state index in [2.05, 4.69) is 21.0 Å². The van der Waals surface area contributed by atoms with Crippen LogP contribution in [-0.4, -0.2) is 27.5 Å². The Balaban J connectivity index is 1.45. The molecule has 3 aromatic rings. The minimum atomic E-state index is -0.707. The number of hydrogen-bond donors (Lipinski definition) is 3. The van der Waals surface area contributed by atoms with E-state index in [1.807, 2.05) is 30.3 Å². The lowest BCUT2D eigenvalue weighted by molar-refractivity contribution is -0.123. The van der Waals surface area contributed by atoms with E-state index in [0.717, 1.165) is 11.1 Å². The van der Waals surface area contributed by atoms with Gasteiger partial charge >= 0.3 is 0 Å². The van der Waals surface area contributed by atoms with Crippen LogP contribution in [0, 0.1) is 0 Å². The van der Waals surface area contributed by atoms with Crippen molar-refractivity contribution in [3.8, 4) is 11.1 Å². The van der Waals surface area contributed by atoms with Crippen molar-refractivity contribution in [1.29, 1.82) is 0 Å². The van der Waals surface area contributed by atoms with E-state index in [-0.39, 0.29) is 24.1 Å². The molecule has 0 saturated heterocycles. The van der Waals surface area contributed by atoms with Crippen molar-refractivity contribution in [2.24, 2.45) is 0 Å². The van der Waals surface area contributed by atoms with Gasteiger partial charge in [0.2, 0.25) is 11.8 Å². The topological polar surface area (TPSA) is 105 Å². The fraction of sp³-hybridized carbons (Fsp3) is 0.143. The molecule has 1 aliphatic heterocycles. The lowest BCUT2D eigenvalue weighted by Crippen LogP contribution is -2.23. The van der Waals surface area contributed by atoms with Crippen molar-refractivity contribution >= 4 is 34.9 Å². The Bertz CT molecular complexity index is 1070. The normalized spacial score (nSPS) is 14.8. The fourth-order valence-electron chi connectivity index (χ4n) is 3.27. The number of fused-ring (bicyclic) bond motifs is 1. The first kappa shape index (κ1) is 18.4. The maximum Gasteiger partial charge on any atom is 0.251 e. The Morgan fingerprint density at radius 2 is 1.69 bits per heavy atom. The van der Waals surface area contributed by atoms with Crippen LogP contribution in [0.3, 0.4) is 0 Å². The summed E-state index contributed by atoms with van der Waals surface area (Å²) in [7, 11) is 0. The molecule has 2 heterocycles. The standard InChI is InChI=1S/C21H19N5O3/c1-13(27)23-15-7-9-16(10-8-15)24-19(28)11-18-21(29)25-20-17(12-22-26(18)20)14-5-3-2-4-6-14/h2-10,12,18H,11H2,1H3,(H,23,27)(H,24,28)(H,25,29)/t18-/m0/s1. The van der Waals surface area contributed by atoms with Crippen LogP contribution in [0.15, 0.2) is 60.8 Å². The fourth-order valence-corrected chi connectivity index (χ4v) is 3.27. The first-order chi connectivity index (χ1) is 14.0. The minimum absolute atomic E-state index is 0.0395. The molecule has 0 unspecified atom stereocenters. The van der Waals surface area contributed by atoms with Crippen molar-refractivity contribution in [1.82, 2.24) is 9.78 Å². The second kappa shape index (κ2) is 7.59. The summed E-state index contributed by atoms with van der Waals surface area (Å²) in [5, 5.41) is 12.6. The molecule has 0 fully saturated rings. The molecule has 0 bridgehead atoms. The zero-order valence-electron chi connectivity index (χ0n) is 15.7. The summed E-state index contributed by atoms with van der Waals surface area (Å²) in [6.45, 7) is 1.43. The van der Waals surface area contributed by atoms with Gasteiger partial charge in [0.05, 0.1) is 12.6 Å². The van der Waals surface area contributed by atoms with Crippen LogP contribution < -0.4 is 16.0 Å². The zero-order valence-corrected chi connectivity index (χ0v) is 15.7. The van der Waals surface area contributed by atoms with Gasteiger partial charge in [-0.25, -0.2) is 4.68 Å². The van der Waals surface area contributed by atoms with Crippen LogP contribution in [0.5, 0.6) is 0 Å². The van der Waals surface area contributed by atoms with Crippen molar-refractivity contribution < 1.29 is 14.4 Å². The smallest absolute Gasteiger partial charge is 0.251 e. The summed E-state index contributed by atoms with van der Waals surface area (Å²) >= 11 is 0. The summed E-state index contributed by atoms with van der Waals surface area (Å²) < 4.78 is 1.56. The molecule has 8 nitrogen and oxygen atoms in total. The van der Waals surface area contributed by atoms with Gasteiger partial charge in [0.1, 0.15) is 11.9 Å². The van der Waals surface area contributed by atoms with E-state index in [1.54, 1.807) is 35.1 Å². The lowest BCUT2D eigenvalue weighted by Gasteiger charge is -2.10. The van der Waals surface area contributed by atoms with E-state index in [9.17, 15) is 14.4 Å². The van der Waals surface area contributed by atoms with E-state index in [0.29, 0.717) is 17.2 Å². The molecule has 146 valence electrons. The molecule has 4 rings (SSSR count). The molecule has 0 spiro atoms. The predicted molar refractivity (Wildman–Crippen MR) is 109 cm³/mol. The van der Waals surface area contributed by atoms with Gasteiger partial charge in [-0.15, -0.1) is 0 Å². The monoisotopic (exact) mass is 389 g/mol. The highest BCUT2D eigenvalue weighted by Gasteiger charge is 2.35. The summed E-state index contributed by atoms with van der Waals surface area (Å²) in [5.74, 6) is -0.138. The molecule has 0 saturated carbocycles. The summed E-state index contributed by atoms with van der Waals surface area (Å²) in [6.07, 6.45) is 1.65. The summed E-state index contributed by atoms with van der Waals surface area (Å²) in [4.78, 5) is 35.9. The molecule has 0 radical (unpaired) electrons. The van der Waals surface area contributed by atoms with Crippen LogP contribution in [-0.2, 0) is 14.4 Å². The third-order valence-electron chi connectivity index (χ3n) is 4.59. The van der Waals surface area contributed by atoms with Gasteiger partial charge in [-0.1, -0.05) is 30.3 Å². The van der Waals surface area contributed by atoms with Crippen LogP contribution >= 0.6 is 0 Å². The highest BCUT2D eigenvalue weighted by atomic mass is 16.2. The first-order valence-electron chi connectivity index (χ1n) is 9.12. The Morgan fingerprint density at radius 3 is 2.34 bits per heavy atom. The minimum Gasteiger partial charge on any atom is -0.326 e. The molecular formula is C21H19N5O3.